The summed E-state index contributed by atoms with van der Waals surface area (Å²) in [4.78, 5) is 12.2. The molecule has 0 fully saturated rings. The van der Waals surface area contributed by atoms with Crippen molar-refractivity contribution in [1.82, 2.24) is 25.3 Å². The minimum atomic E-state index is -0.156. The monoisotopic (exact) mass is 275 g/mol. The largest absolute Gasteiger partial charge is 0.342 e. The first-order valence-corrected chi connectivity index (χ1v) is 6.98. The molecule has 1 amide bonds. The Labute approximate surface area is 118 Å². The minimum Gasteiger partial charge on any atom is -0.342 e. The highest BCUT2D eigenvalue weighted by Gasteiger charge is 2.18. The molecular formula is C14H21N5O. The number of H-pyrrole nitrogens is 1. The van der Waals surface area contributed by atoms with Gasteiger partial charge in [0.2, 0.25) is 0 Å². The highest BCUT2D eigenvalue weighted by atomic mass is 16.2. The molecule has 0 aromatic carbocycles. The lowest BCUT2D eigenvalue weighted by molar-refractivity contribution is 0.0929. The van der Waals surface area contributed by atoms with E-state index in [2.05, 4.69) is 27.5 Å². The number of amides is 1. The fourth-order valence-corrected chi connectivity index (χ4v) is 2.22. The second-order valence-electron chi connectivity index (χ2n) is 4.84. The number of carbonyl (C=O) groups excluding carboxylic acids is 1. The van der Waals surface area contributed by atoms with Crippen molar-refractivity contribution in [2.24, 2.45) is 7.05 Å². The maximum atomic E-state index is 12.2. The van der Waals surface area contributed by atoms with Crippen molar-refractivity contribution >= 4 is 5.91 Å². The minimum absolute atomic E-state index is 0.0543. The van der Waals surface area contributed by atoms with E-state index < -0.39 is 0 Å². The fraction of sp³-hybridized carbons (Fsp3) is 0.500. The van der Waals surface area contributed by atoms with Crippen LogP contribution in [0.5, 0.6) is 0 Å². The third-order valence-corrected chi connectivity index (χ3v) is 3.31. The number of nitrogens with one attached hydrogen (secondary N) is 2. The van der Waals surface area contributed by atoms with E-state index in [1.807, 2.05) is 26.1 Å². The third-order valence-electron chi connectivity index (χ3n) is 3.31. The zero-order chi connectivity index (χ0) is 14.5. The SMILES string of the molecule is CCCc1cc(C(=O)NC(CC)c2ccnn2C)n[nH]1. The van der Waals surface area contributed by atoms with E-state index in [0.717, 1.165) is 30.7 Å². The van der Waals surface area contributed by atoms with Crippen LogP contribution < -0.4 is 5.32 Å². The van der Waals surface area contributed by atoms with Gasteiger partial charge in [-0.25, -0.2) is 0 Å². The highest BCUT2D eigenvalue weighted by Crippen LogP contribution is 2.16. The predicted octanol–water partition coefficient (Wildman–Crippen LogP) is 1.98. The maximum absolute atomic E-state index is 12.2. The first-order valence-electron chi connectivity index (χ1n) is 6.98. The molecule has 6 heteroatoms. The number of aromatic amines is 1. The van der Waals surface area contributed by atoms with Crippen LogP contribution in [0, 0.1) is 0 Å². The van der Waals surface area contributed by atoms with E-state index in [0.29, 0.717) is 5.69 Å². The number of carbonyl (C=O) groups is 1. The number of aromatic nitrogens is 4. The number of nitrogens with zero attached hydrogens (tertiary/aromatic N) is 3. The van der Waals surface area contributed by atoms with Crippen molar-refractivity contribution in [2.75, 3.05) is 0 Å². The highest BCUT2D eigenvalue weighted by molar-refractivity contribution is 5.92. The van der Waals surface area contributed by atoms with E-state index in [-0.39, 0.29) is 11.9 Å². The number of aryl methyl sites for hydroxylation is 2. The van der Waals surface area contributed by atoms with Gasteiger partial charge in [0.15, 0.2) is 0 Å². The molecule has 0 spiro atoms. The molecule has 0 aliphatic heterocycles. The topological polar surface area (TPSA) is 75.6 Å². The Bertz CT molecular complexity index is 572. The van der Waals surface area contributed by atoms with Crippen LogP contribution in [0.4, 0.5) is 0 Å². The molecule has 1 unspecified atom stereocenters. The lowest BCUT2D eigenvalue weighted by atomic mass is 10.1. The van der Waals surface area contributed by atoms with Crippen LogP contribution in [0.1, 0.15) is 54.6 Å². The Kier molecular flexibility index (Phi) is 4.55. The van der Waals surface area contributed by atoms with Gasteiger partial charge in [-0.05, 0) is 25.0 Å². The molecule has 108 valence electrons. The van der Waals surface area contributed by atoms with Crippen LogP contribution in [-0.2, 0) is 13.5 Å². The predicted molar refractivity (Wildman–Crippen MR) is 76.3 cm³/mol. The molecule has 2 aromatic rings. The molecule has 2 rings (SSSR count). The molecule has 1 atom stereocenters. The first kappa shape index (κ1) is 14.3. The van der Waals surface area contributed by atoms with Gasteiger partial charge in [0.05, 0.1) is 11.7 Å². The molecule has 0 aliphatic carbocycles. The van der Waals surface area contributed by atoms with Gasteiger partial charge in [0.1, 0.15) is 5.69 Å². The third kappa shape index (κ3) is 3.07. The van der Waals surface area contributed by atoms with E-state index in [9.17, 15) is 4.79 Å². The summed E-state index contributed by atoms with van der Waals surface area (Å²) in [6.07, 6.45) is 4.46. The molecule has 6 nitrogen and oxygen atoms in total. The molecule has 2 N–H and O–H groups in total. The van der Waals surface area contributed by atoms with Gasteiger partial charge in [0.25, 0.3) is 5.91 Å². The second kappa shape index (κ2) is 6.36. The molecule has 0 saturated carbocycles. The number of hydrogen-bond acceptors (Lipinski definition) is 3. The Balaban J connectivity index is 2.07. The Hall–Kier alpha value is -2.11. The van der Waals surface area contributed by atoms with Crippen molar-refractivity contribution in [1.29, 1.82) is 0 Å². The smallest absolute Gasteiger partial charge is 0.272 e. The fourth-order valence-electron chi connectivity index (χ4n) is 2.22. The van der Waals surface area contributed by atoms with E-state index >= 15 is 0 Å². The van der Waals surface area contributed by atoms with E-state index in [1.54, 1.807) is 10.9 Å². The normalized spacial score (nSPS) is 12.3. The number of rotatable bonds is 6. The van der Waals surface area contributed by atoms with Gasteiger partial charge in [-0.1, -0.05) is 20.3 Å². The van der Waals surface area contributed by atoms with Crippen LogP contribution in [-0.4, -0.2) is 25.9 Å². The van der Waals surface area contributed by atoms with Crippen molar-refractivity contribution in [3.63, 3.8) is 0 Å². The van der Waals surface area contributed by atoms with Crippen LogP contribution in [0.2, 0.25) is 0 Å². The van der Waals surface area contributed by atoms with Crippen LogP contribution in [0.3, 0.4) is 0 Å². The van der Waals surface area contributed by atoms with Crippen molar-refractivity contribution in [2.45, 2.75) is 39.2 Å². The summed E-state index contributed by atoms with van der Waals surface area (Å²) in [6.45, 7) is 4.13. The van der Waals surface area contributed by atoms with Crippen molar-refractivity contribution < 1.29 is 4.79 Å². The summed E-state index contributed by atoms with van der Waals surface area (Å²) >= 11 is 0. The molecule has 0 bridgehead atoms. The van der Waals surface area contributed by atoms with Gasteiger partial charge < -0.3 is 5.32 Å². The average Bonchev–Trinajstić information content (AvgIpc) is 3.05. The van der Waals surface area contributed by atoms with Gasteiger partial charge in [-0.15, -0.1) is 0 Å². The van der Waals surface area contributed by atoms with Crippen molar-refractivity contribution in [3.05, 3.63) is 35.4 Å². The Morgan fingerprint density at radius 3 is 2.90 bits per heavy atom. The average molecular weight is 275 g/mol. The summed E-state index contributed by atoms with van der Waals surface area (Å²) in [7, 11) is 1.87. The molecule has 2 aromatic heterocycles. The first-order chi connectivity index (χ1) is 9.65. The number of hydrogen-bond donors (Lipinski definition) is 2. The van der Waals surface area contributed by atoms with Crippen LogP contribution in [0.25, 0.3) is 0 Å². The van der Waals surface area contributed by atoms with Gasteiger partial charge >= 0.3 is 0 Å². The molecule has 20 heavy (non-hydrogen) atoms. The maximum Gasteiger partial charge on any atom is 0.272 e. The van der Waals surface area contributed by atoms with E-state index in [4.69, 9.17) is 0 Å². The van der Waals surface area contributed by atoms with Gasteiger partial charge in [-0.2, -0.15) is 10.2 Å². The summed E-state index contributed by atoms with van der Waals surface area (Å²) < 4.78 is 1.78. The summed E-state index contributed by atoms with van der Waals surface area (Å²) in [5, 5.41) is 14.1. The summed E-state index contributed by atoms with van der Waals surface area (Å²) in [5.41, 5.74) is 2.42. The lowest BCUT2D eigenvalue weighted by Crippen LogP contribution is -2.29. The zero-order valence-corrected chi connectivity index (χ0v) is 12.2. The second-order valence-corrected chi connectivity index (χ2v) is 4.84. The van der Waals surface area contributed by atoms with Crippen molar-refractivity contribution in [3.8, 4) is 0 Å². The molecule has 0 saturated heterocycles. The van der Waals surface area contributed by atoms with Gasteiger partial charge in [-0.3, -0.25) is 14.6 Å². The van der Waals surface area contributed by atoms with Crippen LogP contribution >= 0.6 is 0 Å². The molecule has 0 aliphatic rings. The quantitative estimate of drug-likeness (QED) is 0.846. The van der Waals surface area contributed by atoms with Gasteiger partial charge in [0, 0.05) is 18.9 Å². The molecule has 2 heterocycles. The summed E-state index contributed by atoms with van der Waals surface area (Å²) in [5.74, 6) is -0.156. The molecular weight excluding hydrogens is 254 g/mol. The summed E-state index contributed by atoms with van der Waals surface area (Å²) in [6, 6.07) is 3.68. The molecule has 0 radical (unpaired) electrons. The standard InChI is InChI=1S/C14H21N5O/c1-4-6-10-9-12(18-17-10)14(20)16-11(5-2)13-7-8-15-19(13)3/h7-9,11H,4-6H2,1-3H3,(H,16,20)(H,17,18). The lowest BCUT2D eigenvalue weighted by Gasteiger charge is -2.16. The Morgan fingerprint density at radius 1 is 1.50 bits per heavy atom. The zero-order valence-electron chi connectivity index (χ0n) is 12.2. The Morgan fingerprint density at radius 2 is 2.30 bits per heavy atom. The van der Waals surface area contributed by atoms with E-state index in [1.165, 1.54) is 0 Å². The van der Waals surface area contributed by atoms with Crippen LogP contribution in [0.15, 0.2) is 18.3 Å².